The number of nitrogens with zero attached hydrogens (tertiary/aromatic N) is 2. The molecule has 2 N–H and O–H groups in total. The van der Waals surface area contributed by atoms with Gasteiger partial charge < -0.3 is 10.6 Å². The number of carbonyl (C=O) groups is 1. The lowest BCUT2D eigenvalue weighted by Crippen LogP contribution is -2.45. The quantitative estimate of drug-likeness (QED) is 0.765. The molecule has 1 aliphatic rings. The Balaban J connectivity index is 2.90. The number of nitrogens with two attached hydrogens (primary N) is 1. The summed E-state index contributed by atoms with van der Waals surface area (Å²) in [7, 11) is 2.03. The minimum atomic E-state index is -0.0354. The summed E-state index contributed by atoms with van der Waals surface area (Å²) in [6.45, 7) is 9.61. The summed E-state index contributed by atoms with van der Waals surface area (Å²) < 4.78 is 0. The van der Waals surface area contributed by atoms with Crippen molar-refractivity contribution < 1.29 is 4.79 Å². The molecule has 4 heteroatoms. The molecule has 1 fully saturated rings. The molecular weight excluding hydrogens is 202 g/mol. The second kappa shape index (κ2) is 5.15. The second-order valence-electron chi connectivity index (χ2n) is 5.52. The Morgan fingerprint density at radius 3 is 2.56 bits per heavy atom. The normalized spacial score (nSPS) is 26.9. The number of amides is 1. The molecule has 0 aromatic heterocycles. The maximum atomic E-state index is 12.3. The largest absolute Gasteiger partial charge is 0.341 e. The van der Waals surface area contributed by atoms with E-state index in [9.17, 15) is 4.79 Å². The summed E-state index contributed by atoms with van der Waals surface area (Å²) in [5.74, 6) is 0.237. The third-order valence-electron chi connectivity index (χ3n) is 3.25. The van der Waals surface area contributed by atoms with Crippen LogP contribution in [0.2, 0.25) is 0 Å². The van der Waals surface area contributed by atoms with E-state index in [4.69, 9.17) is 5.73 Å². The summed E-state index contributed by atoms with van der Waals surface area (Å²) in [6.07, 6.45) is 0.752. The summed E-state index contributed by atoms with van der Waals surface area (Å²) in [6, 6.07) is -0.0354. The Bertz CT molecular complexity index is 253. The summed E-state index contributed by atoms with van der Waals surface area (Å²) in [5.41, 5.74) is 5.75. The highest BCUT2D eigenvalue weighted by Gasteiger charge is 2.36. The zero-order valence-corrected chi connectivity index (χ0v) is 11.0. The van der Waals surface area contributed by atoms with Crippen LogP contribution >= 0.6 is 0 Å². The van der Waals surface area contributed by atoms with Crippen LogP contribution in [0.4, 0.5) is 0 Å². The molecule has 0 spiro atoms. The average Bonchev–Trinajstić information content (AvgIpc) is 2.27. The second-order valence-corrected chi connectivity index (χ2v) is 5.52. The van der Waals surface area contributed by atoms with Gasteiger partial charge in [0.15, 0.2) is 0 Å². The van der Waals surface area contributed by atoms with Crippen molar-refractivity contribution in [2.75, 3.05) is 33.2 Å². The predicted molar refractivity (Wildman–Crippen MR) is 66.1 cm³/mol. The molecule has 0 bridgehead atoms. The molecule has 4 nitrogen and oxygen atoms in total. The molecule has 0 saturated carbocycles. The van der Waals surface area contributed by atoms with Gasteiger partial charge in [-0.2, -0.15) is 0 Å². The van der Waals surface area contributed by atoms with Crippen molar-refractivity contribution in [1.82, 2.24) is 9.80 Å². The lowest BCUT2D eigenvalue weighted by Gasteiger charge is -2.29. The van der Waals surface area contributed by atoms with Crippen molar-refractivity contribution in [3.63, 3.8) is 0 Å². The molecule has 0 radical (unpaired) electrons. The van der Waals surface area contributed by atoms with Crippen LogP contribution < -0.4 is 5.73 Å². The molecule has 0 aromatic carbocycles. The van der Waals surface area contributed by atoms with E-state index in [-0.39, 0.29) is 17.4 Å². The molecule has 1 unspecified atom stereocenters. The van der Waals surface area contributed by atoms with Crippen LogP contribution in [-0.2, 0) is 4.79 Å². The van der Waals surface area contributed by atoms with E-state index in [1.54, 1.807) is 0 Å². The smallest absolute Gasteiger partial charge is 0.239 e. The zero-order chi connectivity index (χ0) is 12.3. The lowest BCUT2D eigenvalue weighted by atomic mass is 9.92. The maximum absolute atomic E-state index is 12.3. The van der Waals surface area contributed by atoms with Gasteiger partial charge in [-0.25, -0.2) is 0 Å². The van der Waals surface area contributed by atoms with Gasteiger partial charge in [-0.15, -0.1) is 0 Å². The van der Waals surface area contributed by atoms with Gasteiger partial charge in [0.25, 0.3) is 0 Å². The Hall–Kier alpha value is -0.610. The minimum Gasteiger partial charge on any atom is -0.341 e. The Kier molecular flexibility index (Phi) is 4.33. The molecule has 0 aliphatic carbocycles. The van der Waals surface area contributed by atoms with E-state index >= 15 is 0 Å². The predicted octanol–water partition coefficient (Wildman–Crippen LogP) is 0.524. The lowest BCUT2D eigenvalue weighted by molar-refractivity contribution is -0.135. The van der Waals surface area contributed by atoms with Crippen LogP contribution in [-0.4, -0.2) is 55.0 Å². The van der Waals surface area contributed by atoms with Crippen molar-refractivity contribution in [3.05, 3.63) is 0 Å². The van der Waals surface area contributed by atoms with E-state index in [2.05, 4.69) is 18.7 Å². The highest BCUT2D eigenvalue weighted by molar-refractivity contribution is 5.82. The fraction of sp³-hybridized carbons (Fsp3) is 0.917. The standard InChI is InChI=1S/C12H25N3O/c1-5-15-9-12(2,3)8-14(4)10(6-7-13)11(15)16/h10H,5-9,13H2,1-4H3. The van der Waals surface area contributed by atoms with Crippen molar-refractivity contribution in [2.45, 2.75) is 33.2 Å². The van der Waals surface area contributed by atoms with Crippen molar-refractivity contribution in [2.24, 2.45) is 11.1 Å². The summed E-state index contributed by atoms with van der Waals surface area (Å²) >= 11 is 0. The molecule has 1 amide bonds. The number of carbonyl (C=O) groups excluding carboxylic acids is 1. The van der Waals surface area contributed by atoms with Gasteiger partial charge in [0.1, 0.15) is 0 Å². The molecule has 1 rings (SSSR count). The Labute approximate surface area is 98.8 Å². The number of likely N-dealkylation sites (N-methyl/N-ethyl adjacent to an activating group) is 2. The molecule has 94 valence electrons. The fourth-order valence-electron chi connectivity index (χ4n) is 2.60. The summed E-state index contributed by atoms with van der Waals surface area (Å²) in [4.78, 5) is 16.4. The van der Waals surface area contributed by atoms with Gasteiger partial charge in [0, 0.05) is 19.6 Å². The third kappa shape index (κ3) is 2.95. The number of hydrogen-bond donors (Lipinski definition) is 1. The molecule has 1 atom stereocenters. The summed E-state index contributed by atoms with van der Waals surface area (Å²) in [5, 5.41) is 0. The van der Waals surface area contributed by atoms with E-state index in [0.717, 1.165) is 26.1 Å². The van der Waals surface area contributed by atoms with Gasteiger partial charge in [0.2, 0.25) is 5.91 Å². The van der Waals surface area contributed by atoms with Crippen LogP contribution in [0.15, 0.2) is 0 Å². The van der Waals surface area contributed by atoms with E-state index in [0.29, 0.717) is 6.54 Å². The monoisotopic (exact) mass is 227 g/mol. The molecule has 0 aromatic rings. The molecular formula is C12H25N3O. The van der Waals surface area contributed by atoms with Crippen LogP contribution in [0.3, 0.4) is 0 Å². The van der Waals surface area contributed by atoms with Gasteiger partial charge in [-0.3, -0.25) is 9.69 Å². The van der Waals surface area contributed by atoms with Crippen LogP contribution in [0.25, 0.3) is 0 Å². The highest BCUT2D eigenvalue weighted by atomic mass is 16.2. The number of hydrogen-bond acceptors (Lipinski definition) is 3. The highest BCUT2D eigenvalue weighted by Crippen LogP contribution is 2.25. The van der Waals surface area contributed by atoms with Crippen LogP contribution in [0.1, 0.15) is 27.2 Å². The van der Waals surface area contributed by atoms with Gasteiger partial charge in [0.05, 0.1) is 6.04 Å². The Morgan fingerprint density at radius 1 is 1.44 bits per heavy atom. The fourth-order valence-corrected chi connectivity index (χ4v) is 2.60. The molecule has 1 saturated heterocycles. The number of rotatable bonds is 3. The van der Waals surface area contributed by atoms with E-state index in [1.165, 1.54) is 0 Å². The maximum Gasteiger partial charge on any atom is 0.239 e. The van der Waals surface area contributed by atoms with Crippen LogP contribution in [0, 0.1) is 5.41 Å². The van der Waals surface area contributed by atoms with Crippen molar-refractivity contribution >= 4 is 5.91 Å². The molecule has 1 aliphatic heterocycles. The minimum absolute atomic E-state index is 0.0354. The van der Waals surface area contributed by atoms with Crippen molar-refractivity contribution in [1.29, 1.82) is 0 Å². The molecule has 16 heavy (non-hydrogen) atoms. The first-order valence-electron chi connectivity index (χ1n) is 6.10. The molecule has 1 heterocycles. The SMILES string of the molecule is CCN1CC(C)(C)CN(C)C(CCN)C1=O. The van der Waals surface area contributed by atoms with Gasteiger partial charge in [-0.1, -0.05) is 13.8 Å². The first-order valence-corrected chi connectivity index (χ1v) is 6.10. The first kappa shape index (κ1) is 13.5. The van der Waals surface area contributed by atoms with E-state index < -0.39 is 0 Å². The zero-order valence-electron chi connectivity index (χ0n) is 11.0. The van der Waals surface area contributed by atoms with Crippen molar-refractivity contribution in [3.8, 4) is 0 Å². The third-order valence-corrected chi connectivity index (χ3v) is 3.25. The van der Waals surface area contributed by atoms with E-state index in [1.807, 2.05) is 18.9 Å². The first-order chi connectivity index (χ1) is 7.41. The van der Waals surface area contributed by atoms with Crippen LogP contribution in [0.5, 0.6) is 0 Å². The average molecular weight is 227 g/mol. The topological polar surface area (TPSA) is 49.6 Å². The van der Waals surface area contributed by atoms with Gasteiger partial charge >= 0.3 is 0 Å². The van der Waals surface area contributed by atoms with Gasteiger partial charge in [-0.05, 0) is 32.4 Å². The Morgan fingerprint density at radius 2 is 2.06 bits per heavy atom.